The highest BCUT2D eigenvalue weighted by atomic mass is 19.4. The van der Waals surface area contributed by atoms with E-state index < -0.39 is 17.6 Å². The van der Waals surface area contributed by atoms with Gasteiger partial charge in [0.15, 0.2) is 0 Å². The topological polar surface area (TPSA) is 68.8 Å². The fourth-order valence-corrected chi connectivity index (χ4v) is 5.21. The normalized spacial score (nSPS) is 15.6. The molecule has 3 rings (SSSR count). The van der Waals surface area contributed by atoms with Crippen LogP contribution in [0, 0.1) is 6.92 Å². The number of hydrogen-bond donors (Lipinski definition) is 1. The van der Waals surface area contributed by atoms with Crippen LogP contribution in [-0.4, -0.2) is 74.8 Å². The predicted octanol–water partition coefficient (Wildman–Crippen LogP) is 5.65. The lowest BCUT2D eigenvalue weighted by molar-refractivity contribution is -0.138. The zero-order valence-corrected chi connectivity index (χ0v) is 25.1. The Morgan fingerprint density at radius 2 is 1.86 bits per heavy atom. The first-order valence-corrected chi connectivity index (χ1v) is 13.9. The van der Waals surface area contributed by atoms with E-state index in [9.17, 15) is 22.8 Å². The number of aromatic nitrogens is 1. The lowest BCUT2D eigenvalue weighted by atomic mass is 9.85. The fraction of sp³-hybridized carbons (Fsp3) is 0.406. The van der Waals surface area contributed by atoms with Gasteiger partial charge in [-0.25, -0.2) is 0 Å². The zero-order chi connectivity index (χ0) is 31.0. The number of allylic oxidation sites excluding steroid dienone is 2. The lowest BCUT2D eigenvalue weighted by Gasteiger charge is -2.33. The number of alkyl halides is 3. The lowest BCUT2D eigenvalue weighted by Crippen LogP contribution is -2.34. The standard InChI is InChI=1S/C32H40F3N5O2/c1-22(19-28-23(2)37-14-9-30(28)39(6)15-12-26(36-3)13-18-41)21-40-16-10-24(11-17-40)27-8-7-25(31(42)38(4)5)20-29(27)32(33,34)35/h7-9,12-15,18-20,24,36H,10-11,16-17,21H2,1-6H3/b15-12-,22-19+,26-13+. The van der Waals surface area contributed by atoms with E-state index in [1.54, 1.807) is 13.2 Å². The fourth-order valence-electron chi connectivity index (χ4n) is 5.21. The Balaban J connectivity index is 1.73. The molecule has 2 heterocycles. The molecule has 1 aliphatic heterocycles. The summed E-state index contributed by atoms with van der Waals surface area (Å²) in [6.45, 7) is 6.03. The largest absolute Gasteiger partial charge is 0.416 e. The van der Waals surface area contributed by atoms with Gasteiger partial charge >= 0.3 is 6.18 Å². The molecule has 0 aliphatic carbocycles. The van der Waals surface area contributed by atoms with Gasteiger partial charge in [-0.05, 0) is 75.5 Å². The predicted molar refractivity (Wildman–Crippen MR) is 161 cm³/mol. The third-order valence-electron chi connectivity index (χ3n) is 7.46. The minimum Gasteiger partial charge on any atom is -0.388 e. The molecular formula is C32H40F3N5O2. The molecule has 1 saturated heterocycles. The number of amides is 1. The van der Waals surface area contributed by atoms with E-state index in [2.05, 4.69) is 21.3 Å². The summed E-state index contributed by atoms with van der Waals surface area (Å²) in [5.41, 5.74) is 4.19. The van der Waals surface area contributed by atoms with Gasteiger partial charge in [-0.1, -0.05) is 17.7 Å². The first-order valence-electron chi connectivity index (χ1n) is 13.9. The number of rotatable bonds is 10. The first kappa shape index (κ1) is 32.6. The van der Waals surface area contributed by atoms with Crippen molar-refractivity contribution in [2.75, 3.05) is 52.7 Å². The molecular weight excluding hydrogens is 543 g/mol. The maximum atomic E-state index is 14.0. The van der Waals surface area contributed by atoms with Crippen molar-refractivity contribution in [2.45, 2.75) is 38.8 Å². The number of aldehydes is 1. The van der Waals surface area contributed by atoms with Crippen molar-refractivity contribution in [2.24, 2.45) is 0 Å². The van der Waals surface area contributed by atoms with Crippen LogP contribution in [0.4, 0.5) is 18.9 Å². The van der Waals surface area contributed by atoms with Crippen LogP contribution >= 0.6 is 0 Å². The number of anilines is 1. The summed E-state index contributed by atoms with van der Waals surface area (Å²) in [7, 11) is 6.72. The Kier molecular flexibility index (Phi) is 11.1. The number of halogens is 3. The molecule has 1 amide bonds. The van der Waals surface area contributed by atoms with Gasteiger partial charge in [0.05, 0.1) is 11.3 Å². The average Bonchev–Trinajstić information content (AvgIpc) is 2.95. The molecule has 0 saturated carbocycles. The van der Waals surface area contributed by atoms with E-state index in [4.69, 9.17) is 0 Å². The number of carbonyl (C=O) groups is 2. The minimum atomic E-state index is -4.53. The van der Waals surface area contributed by atoms with Crippen molar-refractivity contribution in [3.8, 4) is 0 Å². The number of piperidine rings is 1. The van der Waals surface area contributed by atoms with Crippen molar-refractivity contribution < 1.29 is 22.8 Å². The Labute approximate surface area is 246 Å². The Hall–Kier alpha value is -3.92. The molecule has 10 heteroatoms. The number of pyridine rings is 1. The second kappa shape index (κ2) is 14.3. The molecule has 0 unspecified atom stereocenters. The van der Waals surface area contributed by atoms with Crippen LogP contribution in [0.5, 0.6) is 0 Å². The Morgan fingerprint density at radius 3 is 2.45 bits per heavy atom. The third kappa shape index (κ3) is 8.31. The maximum Gasteiger partial charge on any atom is 0.416 e. The van der Waals surface area contributed by atoms with Crippen LogP contribution < -0.4 is 10.2 Å². The van der Waals surface area contributed by atoms with Crippen LogP contribution in [0.2, 0.25) is 0 Å². The molecule has 7 nitrogen and oxygen atoms in total. The monoisotopic (exact) mass is 583 g/mol. The van der Waals surface area contributed by atoms with Gasteiger partial charge in [0, 0.05) is 75.7 Å². The summed E-state index contributed by atoms with van der Waals surface area (Å²) < 4.78 is 42.0. The van der Waals surface area contributed by atoms with E-state index in [-0.39, 0.29) is 17.0 Å². The molecule has 42 heavy (non-hydrogen) atoms. The summed E-state index contributed by atoms with van der Waals surface area (Å²) in [4.78, 5) is 33.1. The van der Waals surface area contributed by atoms with Gasteiger partial charge in [-0.3, -0.25) is 19.5 Å². The Morgan fingerprint density at radius 1 is 1.17 bits per heavy atom. The van der Waals surface area contributed by atoms with Crippen molar-refractivity contribution in [1.82, 2.24) is 20.1 Å². The van der Waals surface area contributed by atoms with Crippen LogP contribution in [0.25, 0.3) is 6.08 Å². The minimum absolute atomic E-state index is 0.0420. The highest BCUT2D eigenvalue weighted by Gasteiger charge is 2.37. The molecule has 0 radical (unpaired) electrons. The van der Waals surface area contributed by atoms with Gasteiger partial charge in [-0.15, -0.1) is 0 Å². The third-order valence-corrected chi connectivity index (χ3v) is 7.46. The molecule has 0 spiro atoms. The first-order chi connectivity index (χ1) is 19.8. The number of aryl methyl sites for hydroxylation is 1. The molecule has 226 valence electrons. The van der Waals surface area contributed by atoms with E-state index in [0.29, 0.717) is 38.2 Å². The van der Waals surface area contributed by atoms with Crippen molar-refractivity contribution in [3.63, 3.8) is 0 Å². The summed E-state index contributed by atoms with van der Waals surface area (Å²) in [5.74, 6) is -0.676. The maximum absolute atomic E-state index is 14.0. The number of likely N-dealkylation sites (tertiary alicyclic amines) is 1. The summed E-state index contributed by atoms with van der Waals surface area (Å²) in [5, 5.41) is 2.96. The number of nitrogens with one attached hydrogen (secondary N) is 1. The van der Waals surface area contributed by atoms with Crippen LogP contribution in [0.15, 0.2) is 60.1 Å². The second-order valence-electron chi connectivity index (χ2n) is 10.8. The number of nitrogens with zero attached hydrogens (tertiary/aromatic N) is 4. The molecule has 1 fully saturated rings. The van der Waals surface area contributed by atoms with E-state index in [0.717, 1.165) is 34.9 Å². The van der Waals surface area contributed by atoms with Crippen LogP contribution in [0.3, 0.4) is 0 Å². The molecule has 2 aromatic rings. The number of hydrogen-bond acceptors (Lipinski definition) is 6. The van der Waals surface area contributed by atoms with Crippen molar-refractivity contribution in [3.05, 3.63) is 88.0 Å². The van der Waals surface area contributed by atoms with E-state index in [1.807, 2.05) is 44.1 Å². The molecule has 1 aromatic heterocycles. The van der Waals surface area contributed by atoms with E-state index in [1.165, 1.54) is 37.2 Å². The Bertz CT molecular complexity index is 1360. The number of likely N-dealkylation sites (N-methyl/N-ethyl adjacent to an activating group) is 1. The van der Waals surface area contributed by atoms with Crippen LogP contribution in [0.1, 0.15) is 58.4 Å². The highest BCUT2D eigenvalue weighted by Crippen LogP contribution is 2.39. The van der Waals surface area contributed by atoms with Gasteiger partial charge in [0.1, 0.15) is 6.29 Å². The van der Waals surface area contributed by atoms with Gasteiger partial charge < -0.3 is 15.1 Å². The quantitative estimate of drug-likeness (QED) is 0.222. The van der Waals surface area contributed by atoms with Gasteiger partial charge in [-0.2, -0.15) is 13.2 Å². The SMILES string of the molecule is CNC(/C=C\N(C)c1ccnc(C)c1/C=C(\C)CN1CCC(c2ccc(C(=O)N(C)C)cc2C(F)(F)F)CC1)=C/C=O. The van der Waals surface area contributed by atoms with Gasteiger partial charge in [0.25, 0.3) is 5.91 Å². The zero-order valence-electron chi connectivity index (χ0n) is 25.1. The summed E-state index contributed by atoms with van der Waals surface area (Å²) in [6.07, 6.45) is 6.39. The molecule has 1 N–H and O–H groups in total. The number of benzene rings is 1. The number of carbonyl (C=O) groups excluding carboxylic acids is 2. The highest BCUT2D eigenvalue weighted by molar-refractivity contribution is 5.94. The smallest absolute Gasteiger partial charge is 0.388 e. The van der Waals surface area contributed by atoms with E-state index >= 15 is 0 Å². The summed E-state index contributed by atoms with van der Waals surface area (Å²) in [6, 6.07) is 5.91. The molecule has 0 bridgehead atoms. The second-order valence-corrected chi connectivity index (χ2v) is 10.8. The van der Waals surface area contributed by atoms with Crippen molar-refractivity contribution >= 4 is 24.0 Å². The van der Waals surface area contributed by atoms with Crippen LogP contribution in [-0.2, 0) is 11.0 Å². The van der Waals surface area contributed by atoms with Crippen molar-refractivity contribution in [1.29, 1.82) is 0 Å². The average molecular weight is 584 g/mol. The van der Waals surface area contributed by atoms with Gasteiger partial charge in [0.2, 0.25) is 0 Å². The molecule has 1 aliphatic rings. The summed E-state index contributed by atoms with van der Waals surface area (Å²) >= 11 is 0. The molecule has 1 aromatic carbocycles. The molecule has 0 atom stereocenters.